The zero-order chi connectivity index (χ0) is 37.5. The SMILES string of the molecule is COc1ccc(OC)c(SN(CCc2c(CCOc3ccc(C(=O)O)cc3)c3cc(Cl)ccc3n2C(c2ccccc2)c2ccccc2)S(C)(=O)=O)c1. The molecule has 274 valence electrons. The van der Waals surface area contributed by atoms with Gasteiger partial charge in [0.05, 0.1) is 43.6 Å². The number of ether oxygens (including phenoxy) is 3. The van der Waals surface area contributed by atoms with E-state index in [2.05, 4.69) is 28.8 Å². The molecule has 1 N–H and O–H groups in total. The minimum atomic E-state index is -3.72. The molecule has 0 fully saturated rings. The Balaban J connectivity index is 1.47. The highest BCUT2D eigenvalue weighted by Crippen LogP contribution is 2.40. The number of aromatic carboxylic acids is 1. The van der Waals surface area contributed by atoms with Crippen LogP contribution < -0.4 is 14.2 Å². The number of halogens is 1. The first-order valence-corrected chi connectivity index (χ1v) is 19.8. The van der Waals surface area contributed by atoms with Gasteiger partial charge >= 0.3 is 5.97 Å². The molecule has 0 saturated heterocycles. The molecule has 5 aromatic carbocycles. The third-order valence-electron chi connectivity index (χ3n) is 8.87. The summed E-state index contributed by atoms with van der Waals surface area (Å²) >= 11 is 7.75. The van der Waals surface area contributed by atoms with E-state index in [0.29, 0.717) is 40.0 Å². The van der Waals surface area contributed by atoms with E-state index >= 15 is 0 Å². The Morgan fingerprint density at radius 2 is 1.47 bits per heavy atom. The molecule has 6 rings (SSSR count). The Morgan fingerprint density at radius 3 is 2.06 bits per heavy atom. The van der Waals surface area contributed by atoms with Crippen molar-refractivity contribution in [1.29, 1.82) is 0 Å². The Bertz CT molecular complexity index is 2260. The lowest BCUT2D eigenvalue weighted by molar-refractivity contribution is 0.0696. The molecule has 0 atom stereocenters. The lowest BCUT2D eigenvalue weighted by Crippen LogP contribution is -2.27. The Labute approximate surface area is 318 Å². The van der Waals surface area contributed by atoms with Crippen molar-refractivity contribution in [3.05, 3.63) is 154 Å². The maximum absolute atomic E-state index is 13.4. The number of aromatic nitrogens is 1. The number of sulfonamides is 1. The Kier molecular flexibility index (Phi) is 12.0. The van der Waals surface area contributed by atoms with E-state index in [4.69, 9.17) is 25.8 Å². The summed E-state index contributed by atoms with van der Waals surface area (Å²) in [7, 11) is -0.623. The van der Waals surface area contributed by atoms with Crippen molar-refractivity contribution in [3.8, 4) is 17.2 Å². The molecule has 0 spiro atoms. The van der Waals surface area contributed by atoms with Gasteiger partial charge in [0.2, 0.25) is 10.0 Å². The van der Waals surface area contributed by atoms with Gasteiger partial charge in [0.25, 0.3) is 0 Å². The molecule has 1 heterocycles. The summed E-state index contributed by atoms with van der Waals surface area (Å²) in [4.78, 5) is 12.0. The molecule has 0 radical (unpaired) electrons. The largest absolute Gasteiger partial charge is 0.497 e. The molecule has 6 aromatic rings. The van der Waals surface area contributed by atoms with Crippen molar-refractivity contribution in [3.63, 3.8) is 0 Å². The lowest BCUT2D eigenvalue weighted by atomic mass is 9.97. The topological polar surface area (TPSA) is 107 Å². The molecule has 12 heteroatoms. The van der Waals surface area contributed by atoms with Crippen molar-refractivity contribution in [2.75, 3.05) is 33.6 Å². The first-order valence-electron chi connectivity index (χ1n) is 16.8. The quantitative estimate of drug-likeness (QED) is 0.0974. The van der Waals surface area contributed by atoms with Crippen LogP contribution in [0.3, 0.4) is 0 Å². The first-order chi connectivity index (χ1) is 25.6. The molecule has 0 bridgehead atoms. The number of methoxy groups -OCH3 is 2. The smallest absolute Gasteiger partial charge is 0.335 e. The van der Waals surface area contributed by atoms with Crippen molar-refractivity contribution in [2.24, 2.45) is 0 Å². The van der Waals surface area contributed by atoms with Gasteiger partial charge in [0.1, 0.15) is 17.2 Å². The van der Waals surface area contributed by atoms with E-state index in [9.17, 15) is 18.3 Å². The van der Waals surface area contributed by atoms with Crippen molar-refractivity contribution < 1.29 is 32.5 Å². The van der Waals surface area contributed by atoms with Gasteiger partial charge in [0.15, 0.2) is 0 Å². The van der Waals surface area contributed by atoms with Crippen LogP contribution >= 0.6 is 23.5 Å². The molecule has 53 heavy (non-hydrogen) atoms. The predicted molar refractivity (Wildman–Crippen MR) is 210 cm³/mol. The number of carboxylic acids is 1. The van der Waals surface area contributed by atoms with Gasteiger partial charge < -0.3 is 23.9 Å². The van der Waals surface area contributed by atoms with Crippen LogP contribution in [0.15, 0.2) is 126 Å². The molecule has 0 aliphatic heterocycles. The van der Waals surface area contributed by atoms with Crippen molar-refractivity contribution in [1.82, 2.24) is 8.28 Å². The van der Waals surface area contributed by atoms with E-state index in [1.807, 2.05) is 54.6 Å². The summed E-state index contributed by atoms with van der Waals surface area (Å²) in [5, 5.41) is 10.8. The number of carbonyl (C=O) groups is 1. The third-order valence-corrected chi connectivity index (χ3v) is 12.0. The second-order valence-electron chi connectivity index (χ2n) is 12.3. The van der Waals surface area contributed by atoms with Crippen LogP contribution in [-0.4, -0.2) is 61.4 Å². The Hall–Kier alpha value is -4.94. The standard InChI is InChI=1S/C41H39ClN2O7S2/c1-49-33-19-21-38(50-2)39(27-33)52-43(53(3,47)48)24-22-37-34(23-25-51-32-17-14-30(15-18-32)41(45)46)35-26-31(42)16-20-36(35)44(37)40(28-10-6-4-7-11-28)29-12-8-5-9-13-29/h4-21,26-27,40H,22-25H2,1-3H3,(H,45,46). The number of rotatable bonds is 16. The van der Waals surface area contributed by atoms with Crippen LogP contribution in [0.1, 0.15) is 38.8 Å². The van der Waals surface area contributed by atoms with E-state index < -0.39 is 16.0 Å². The fraction of sp³-hybridized carbons (Fsp3) is 0.195. The summed E-state index contributed by atoms with van der Waals surface area (Å²) in [6.07, 6.45) is 2.01. The second-order valence-corrected chi connectivity index (χ2v) is 15.9. The van der Waals surface area contributed by atoms with Crippen LogP contribution in [0.5, 0.6) is 17.2 Å². The monoisotopic (exact) mass is 770 g/mol. The van der Waals surface area contributed by atoms with Crippen molar-refractivity contribution >= 4 is 50.4 Å². The van der Waals surface area contributed by atoms with Gasteiger partial charge in [-0.15, -0.1) is 3.71 Å². The van der Waals surface area contributed by atoms with Gasteiger partial charge in [-0.05, 0) is 89.3 Å². The second kappa shape index (κ2) is 16.8. The third kappa shape index (κ3) is 8.82. The zero-order valence-electron chi connectivity index (χ0n) is 29.4. The maximum atomic E-state index is 13.4. The molecular formula is C41H39ClN2O7S2. The molecular weight excluding hydrogens is 732 g/mol. The van der Waals surface area contributed by atoms with Gasteiger partial charge in [0, 0.05) is 41.0 Å². The summed E-state index contributed by atoms with van der Waals surface area (Å²) < 4.78 is 47.7. The van der Waals surface area contributed by atoms with E-state index in [1.54, 1.807) is 44.6 Å². The van der Waals surface area contributed by atoms with E-state index in [-0.39, 0.29) is 24.8 Å². The highest BCUT2D eigenvalue weighted by Gasteiger charge is 2.28. The van der Waals surface area contributed by atoms with Crippen LogP contribution in [-0.2, 0) is 22.9 Å². The maximum Gasteiger partial charge on any atom is 0.335 e. The zero-order valence-corrected chi connectivity index (χ0v) is 31.8. The minimum absolute atomic E-state index is 0.134. The summed E-state index contributed by atoms with van der Waals surface area (Å²) in [5.74, 6) is 0.628. The van der Waals surface area contributed by atoms with E-state index in [0.717, 1.165) is 45.2 Å². The number of benzene rings is 5. The normalized spacial score (nSPS) is 11.7. The van der Waals surface area contributed by atoms with E-state index in [1.165, 1.54) is 22.1 Å². The number of carboxylic acid groups (broad SMARTS) is 1. The minimum Gasteiger partial charge on any atom is -0.497 e. The molecule has 0 saturated carbocycles. The van der Waals surface area contributed by atoms with Crippen LogP contribution in [0.25, 0.3) is 10.9 Å². The summed E-state index contributed by atoms with van der Waals surface area (Å²) in [5.41, 5.74) is 5.13. The van der Waals surface area contributed by atoms with Crippen molar-refractivity contribution in [2.45, 2.75) is 23.8 Å². The summed E-state index contributed by atoms with van der Waals surface area (Å²) in [6.45, 7) is 0.409. The van der Waals surface area contributed by atoms with Gasteiger partial charge in [-0.25, -0.2) is 13.2 Å². The molecule has 0 aliphatic rings. The fourth-order valence-corrected chi connectivity index (χ4v) is 8.61. The number of hydrogen-bond acceptors (Lipinski definition) is 7. The van der Waals surface area contributed by atoms with Gasteiger partial charge in [-0.3, -0.25) is 0 Å². The average Bonchev–Trinajstić information content (AvgIpc) is 3.45. The summed E-state index contributed by atoms with van der Waals surface area (Å²) in [6, 6.07) is 37.6. The van der Waals surface area contributed by atoms with Crippen LogP contribution in [0.2, 0.25) is 5.02 Å². The highest BCUT2D eigenvalue weighted by molar-refractivity contribution is 8.08. The Morgan fingerprint density at radius 1 is 0.830 bits per heavy atom. The average molecular weight is 771 g/mol. The molecule has 0 aliphatic carbocycles. The van der Waals surface area contributed by atoms with Gasteiger partial charge in [-0.2, -0.15) is 0 Å². The number of nitrogens with zero attached hydrogens (tertiary/aromatic N) is 2. The number of fused-ring (bicyclic) bond motifs is 1. The lowest BCUT2D eigenvalue weighted by Gasteiger charge is -2.26. The molecule has 1 aromatic heterocycles. The fourth-order valence-electron chi connectivity index (χ4n) is 6.42. The first kappa shape index (κ1) is 37.8. The van der Waals surface area contributed by atoms with Crippen LogP contribution in [0.4, 0.5) is 0 Å². The predicted octanol–water partition coefficient (Wildman–Crippen LogP) is 8.78. The van der Waals surface area contributed by atoms with Gasteiger partial charge in [-0.1, -0.05) is 72.3 Å². The highest BCUT2D eigenvalue weighted by atomic mass is 35.5. The molecule has 9 nitrogen and oxygen atoms in total. The number of hydrogen-bond donors (Lipinski definition) is 1. The van der Waals surface area contributed by atoms with Crippen LogP contribution in [0, 0.1) is 0 Å². The molecule has 0 unspecified atom stereocenters. The molecule has 0 amide bonds.